The van der Waals surface area contributed by atoms with Crippen LogP contribution in [0.25, 0.3) is 0 Å². The molecule has 0 aromatic heterocycles. The fraction of sp³-hybridized carbons (Fsp3) is 0.500. The van der Waals surface area contributed by atoms with Gasteiger partial charge in [0.15, 0.2) is 0 Å². The van der Waals surface area contributed by atoms with Crippen molar-refractivity contribution in [3.63, 3.8) is 0 Å². The van der Waals surface area contributed by atoms with Crippen LogP contribution in [0.4, 0.5) is 0 Å². The van der Waals surface area contributed by atoms with Gasteiger partial charge in [-0.3, -0.25) is 0 Å². The zero-order valence-electron chi connectivity index (χ0n) is 10.6. The van der Waals surface area contributed by atoms with Crippen LogP contribution < -0.4 is 15.4 Å². The number of halogens is 1. The summed E-state index contributed by atoms with van der Waals surface area (Å²) in [5.41, 5.74) is 2.83. The number of ether oxygens (including phenoxy) is 2. The van der Waals surface area contributed by atoms with Gasteiger partial charge in [0.05, 0.1) is 25.8 Å². The van der Waals surface area contributed by atoms with Gasteiger partial charge in [-0.25, -0.2) is 5.90 Å². The second-order valence-electron chi connectivity index (χ2n) is 3.73. The van der Waals surface area contributed by atoms with E-state index in [1.807, 2.05) is 13.8 Å². The highest BCUT2D eigenvalue weighted by Gasteiger charge is 2.19. The van der Waals surface area contributed by atoms with Crippen LogP contribution in [0.3, 0.4) is 0 Å². The molecule has 1 rings (SSSR count). The quantitative estimate of drug-likeness (QED) is 0.825. The number of nitrogens with two attached hydrogens (primary N) is 1. The summed E-state index contributed by atoms with van der Waals surface area (Å²) in [6, 6.07) is 0. The van der Waals surface area contributed by atoms with Crippen LogP contribution in [-0.2, 0) is 11.3 Å². The molecule has 1 aromatic carbocycles. The molecule has 0 saturated heterocycles. The SMILES string of the molecule is COc1c(C)c(CCON)c(OC)c(C)c1Cl. The summed E-state index contributed by atoms with van der Waals surface area (Å²) in [6.45, 7) is 4.26. The number of benzene rings is 1. The van der Waals surface area contributed by atoms with Crippen LogP contribution in [0, 0.1) is 13.8 Å². The highest BCUT2D eigenvalue weighted by molar-refractivity contribution is 6.33. The van der Waals surface area contributed by atoms with Crippen LogP contribution >= 0.6 is 11.6 Å². The lowest BCUT2D eigenvalue weighted by Gasteiger charge is -2.19. The van der Waals surface area contributed by atoms with Gasteiger partial charge in [0.25, 0.3) is 0 Å². The first-order valence-corrected chi connectivity index (χ1v) is 5.67. The average Bonchev–Trinajstić information content (AvgIpc) is 2.33. The van der Waals surface area contributed by atoms with E-state index in [9.17, 15) is 0 Å². The maximum atomic E-state index is 6.23. The summed E-state index contributed by atoms with van der Waals surface area (Å²) >= 11 is 6.23. The zero-order valence-corrected chi connectivity index (χ0v) is 11.4. The second kappa shape index (κ2) is 6.10. The molecule has 0 amide bonds. The fourth-order valence-electron chi connectivity index (χ4n) is 1.95. The molecule has 4 nitrogen and oxygen atoms in total. The van der Waals surface area contributed by atoms with Crippen molar-refractivity contribution in [3.8, 4) is 11.5 Å². The highest BCUT2D eigenvalue weighted by atomic mass is 35.5. The summed E-state index contributed by atoms with van der Waals surface area (Å²) in [4.78, 5) is 4.61. The van der Waals surface area contributed by atoms with Gasteiger partial charge in [-0.15, -0.1) is 0 Å². The number of hydrogen-bond acceptors (Lipinski definition) is 4. The van der Waals surface area contributed by atoms with E-state index in [0.717, 1.165) is 22.4 Å². The molecule has 1 aromatic rings. The Morgan fingerprint density at radius 2 is 1.65 bits per heavy atom. The Hall–Kier alpha value is -0.970. The second-order valence-corrected chi connectivity index (χ2v) is 4.11. The lowest BCUT2D eigenvalue weighted by Crippen LogP contribution is -2.08. The third-order valence-electron chi connectivity index (χ3n) is 2.81. The topological polar surface area (TPSA) is 53.7 Å². The van der Waals surface area contributed by atoms with Crippen LogP contribution in [-0.4, -0.2) is 20.8 Å². The van der Waals surface area contributed by atoms with Crippen molar-refractivity contribution in [3.05, 3.63) is 21.7 Å². The lowest BCUT2D eigenvalue weighted by atomic mass is 10.00. The molecule has 0 atom stereocenters. The van der Waals surface area contributed by atoms with E-state index in [-0.39, 0.29) is 0 Å². The first-order valence-electron chi connectivity index (χ1n) is 5.29. The van der Waals surface area contributed by atoms with Crippen LogP contribution in [0.1, 0.15) is 16.7 Å². The molecule has 0 spiro atoms. The molecular formula is C12H18ClNO3. The molecular weight excluding hydrogens is 242 g/mol. The van der Waals surface area contributed by atoms with Crippen LogP contribution in [0.15, 0.2) is 0 Å². The lowest BCUT2D eigenvalue weighted by molar-refractivity contribution is 0.140. The van der Waals surface area contributed by atoms with Crippen LogP contribution in [0.2, 0.25) is 5.02 Å². The van der Waals surface area contributed by atoms with Crippen molar-refractivity contribution >= 4 is 11.6 Å². The third kappa shape index (κ3) is 2.65. The minimum absolute atomic E-state index is 0.418. The fourth-order valence-corrected chi connectivity index (χ4v) is 2.25. The van der Waals surface area contributed by atoms with Crippen molar-refractivity contribution in [1.82, 2.24) is 0 Å². The zero-order chi connectivity index (χ0) is 13.0. The molecule has 5 heteroatoms. The molecule has 0 aliphatic carbocycles. The molecule has 0 aliphatic heterocycles. The van der Waals surface area contributed by atoms with Gasteiger partial charge in [0, 0.05) is 17.5 Å². The van der Waals surface area contributed by atoms with Gasteiger partial charge in [-0.1, -0.05) is 11.6 Å². The Kier molecular flexibility index (Phi) is 5.05. The third-order valence-corrected chi connectivity index (χ3v) is 3.27. The molecule has 0 saturated carbocycles. The molecule has 17 heavy (non-hydrogen) atoms. The van der Waals surface area contributed by atoms with E-state index < -0.39 is 0 Å². The molecule has 2 N–H and O–H groups in total. The van der Waals surface area contributed by atoms with E-state index >= 15 is 0 Å². The summed E-state index contributed by atoms with van der Waals surface area (Å²) in [5, 5.41) is 0.583. The first kappa shape index (κ1) is 14.1. The normalized spacial score (nSPS) is 10.5. The van der Waals surface area contributed by atoms with Gasteiger partial charge in [0.1, 0.15) is 11.5 Å². The predicted octanol–water partition coefficient (Wildman–Crippen LogP) is 2.41. The Morgan fingerprint density at radius 1 is 1.06 bits per heavy atom. The highest BCUT2D eigenvalue weighted by Crippen LogP contribution is 2.41. The minimum Gasteiger partial charge on any atom is -0.496 e. The first-order chi connectivity index (χ1) is 8.08. The van der Waals surface area contributed by atoms with Crippen molar-refractivity contribution in [1.29, 1.82) is 0 Å². The Bertz CT molecular complexity index is 407. The van der Waals surface area contributed by atoms with Crippen molar-refractivity contribution in [2.24, 2.45) is 5.90 Å². The van der Waals surface area contributed by atoms with Crippen molar-refractivity contribution in [2.45, 2.75) is 20.3 Å². The van der Waals surface area contributed by atoms with E-state index in [4.69, 9.17) is 27.0 Å². The van der Waals surface area contributed by atoms with Gasteiger partial charge in [-0.2, -0.15) is 0 Å². The van der Waals surface area contributed by atoms with Gasteiger partial charge < -0.3 is 14.3 Å². The summed E-state index contributed by atoms with van der Waals surface area (Å²) in [5.74, 6) is 6.50. The number of rotatable bonds is 5. The Labute approximate surface area is 107 Å². The van der Waals surface area contributed by atoms with Crippen LogP contribution in [0.5, 0.6) is 11.5 Å². The summed E-state index contributed by atoms with van der Waals surface area (Å²) in [7, 11) is 3.22. The molecule has 0 radical (unpaired) electrons. The molecule has 0 aliphatic rings. The van der Waals surface area contributed by atoms with Gasteiger partial charge in [0.2, 0.25) is 0 Å². The number of methoxy groups -OCH3 is 2. The smallest absolute Gasteiger partial charge is 0.141 e. The van der Waals surface area contributed by atoms with Crippen molar-refractivity contribution < 1.29 is 14.3 Å². The molecule has 0 bridgehead atoms. The molecule has 0 fully saturated rings. The van der Waals surface area contributed by atoms with E-state index in [2.05, 4.69) is 4.84 Å². The largest absolute Gasteiger partial charge is 0.496 e. The van der Waals surface area contributed by atoms with E-state index in [0.29, 0.717) is 23.8 Å². The minimum atomic E-state index is 0.418. The molecule has 96 valence electrons. The monoisotopic (exact) mass is 259 g/mol. The molecule has 0 heterocycles. The van der Waals surface area contributed by atoms with Crippen molar-refractivity contribution in [2.75, 3.05) is 20.8 Å². The van der Waals surface area contributed by atoms with Gasteiger partial charge >= 0.3 is 0 Å². The Morgan fingerprint density at radius 3 is 2.12 bits per heavy atom. The molecule has 0 unspecified atom stereocenters. The van der Waals surface area contributed by atoms with E-state index in [1.165, 1.54) is 0 Å². The maximum Gasteiger partial charge on any atom is 0.141 e. The maximum absolute atomic E-state index is 6.23. The van der Waals surface area contributed by atoms with E-state index in [1.54, 1.807) is 14.2 Å². The Balaban J connectivity index is 3.38. The predicted molar refractivity (Wildman–Crippen MR) is 67.9 cm³/mol. The standard InChI is InChI=1S/C12H18ClNO3/c1-7-9(5-6-17-14)11(15-3)8(2)10(13)12(7)16-4/h5-6,14H2,1-4H3. The van der Waals surface area contributed by atoms with Gasteiger partial charge in [-0.05, 0) is 19.4 Å². The average molecular weight is 260 g/mol. The summed E-state index contributed by atoms with van der Waals surface area (Å²) in [6.07, 6.45) is 0.653. The summed E-state index contributed by atoms with van der Waals surface area (Å²) < 4.78 is 10.7. The number of hydrogen-bond donors (Lipinski definition) is 1.